The normalized spacial score (nSPS) is 14.7. The number of amides is 4. The van der Waals surface area contributed by atoms with Crippen LogP contribution in [0, 0.1) is 20.8 Å². The van der Waals surface area contributed by atoms with E-state index in [-0.39, 0.29) is 28.6 Å². The molecule has 1 saturated carbocycles. The molecule has 3 aromatic carbocycles. The van der Waals surface area contributed by atoms with Crippen LogP contribution in [0.4, 0.5) is 11.4 Å². The van der Waals surface area contributed by atoms with Crippen molar-refractivity contribution >= 4 is 35.0 Å². The highest BCUT2D eigenvalue weighted by Gasteiger charge is 2.38. The highest BCUT2D eigenvalue weighted by Crippen LogP contribution is 2.32. The van der Waals surface area contributed by atoms with E-state index in [1.165, 1.54) is 23.1 Å². The van der Waals surface area contributed by atoms with Crippen LogP contribution in [0.3, 0.4) is 0 Å². The van der Waals surface area contributed by atoms with Gasteiger partial charge in [-0.2, -0.15) is 0 Å². The number of rotatable bonds is 5. The van der Waals surface area contributed by atoms with Crippen LogP contribution in [0.15, 0.2) is 54.6 Å². The molecule has 176 valence electrons. The molecule has 2 N–H and O–H groups in total. The third-order valence-electron chi connectivity index (χ3n) is 6.41. The molecule has 3 aromatic rings. The number of nitrogens with one attached hydrogen (secondary N) is 2. The van der Waals surface area contributed by atoms with Gasteiger partial charge in [-0.15, -0.1) is 0 Å². The second kappa shape index (κ2) is 8.51. The molecule has 0 aromatic heterocycles. The summed E-state index contributed by atoms with van der Waals surface area (Å²) in [5.41, 5.74) is 4.78. The van der Waals surface area contributed by atoms with Crippen LogP contribution in [0.1, 0.15) is 71.0 Å². The summed E-state index contributed by atoms with van der Waals surface area (Å²) < 4.78 is 0. The van der Waals surface area contributed by atoms with Crippen molar-refractivity contribution in [3.05, 3.63) is 93.5 Å². The minimum Gasteiger partial charge on any atom is -0.349 e. The first-order chi connectivity index (χ1) is 16.7. The van der Waals surface area contributed by atoms with Crippen LogP contribution < -0.4 is 15.5 Å². The molecule has 4 amide bonds. The van der Waals surface area contributed by atoms with E-state index in [1.54, 1.807) is 24.3 Å². The van der Waals surface area contributed by atoms with Gasteiger partial charge in [-0.3, -0.25) is 19.2 Å². The van der Waals surface area contributed by atoms with Crippen LogP contribution in [0.2, 0.25) is 0 Å². The van der Waals surface area contributed by atoms with Gasteiger partial charge in [-0.05, 0) is 86.7 Å². The molecule has 0 radical (unpaired) electrons. The Morgan fingerprint density at radius 3 is 2.17 bits per heavy atom. The average Bonchev–Trinajstić information content (AvgIpc) is 3.62. The zero-order chi connectivity index (χ0) is 24.9. The number of carbonyl (C=O) groups is 4. The second-order valence-corrected chi connectivity index (χ2v) is 9.23. The number of fused-ring (bicyclic) bond motifs is 1. The first kappa shape index (κ1) is 22.5. The fourth-order valence-electron chi connectivity index (χ4n) is 4.15. The van der Waals surface area contributed by atoms with Crippen LogP contribution in [-0.2, 0) is 0 Å². The molecular weight excluding hydrogens is 442 g/mol. The van der Waals surface area contributed by atoms with Crippen molar-refractivity contribution in [1.29, 1.82) is 0 Å². The summed E-state index contributed by atoms with van der Waals surface area (Å²) in [7, 11) is 0. The summed E-state index contributed by atoms with van der Waals surface area (Å²) in [5.74, 6) is -1.46. The quantitative estimate of drug-likeness (QED) is 0.538. The summed E-state index contributed by atoms with van der Waals surface area (Å²) in [6.07, 6.45) is 1.98. The average molecular weight is 468 g/mol. The standard InChI is InChI=1S/C28H25N3O4/c1-15-4-5-17(3)24(12-15)31-27(34)21-11-8-18(13-22(21)28(31)35)26(33)30-23-14-19(7-6-16(23)2)25(32)29-20-9-10-20/h4-8,11-14,20H,9-10H2,1-3H3,(H,29,32)(H,30,33). The summed E-state index contributed by atoms with van der Waals surface area (Å²) in [4.78, 5) is 52.9. The SMILES string of the molecule is Cc1ccc(C)c(N2C(=O)c3ccc(C(=O)Nc4cc(C(=O)NC5CC5)ccc4C)cc3C2=O)c1. The molecule has 0 atom stereocenters. The number of nitrogens with zero attached hydrogens (tertiary/aromatic N) is 1. The highest BCUT2D eigenvalue weighted by molar-refractivity contribution is 6.35. The van der Waals surface area contributed by atoms with Crippen molar-refractivity contribution in [2.75, 3.05) is 10.2 Å². The minimum absolute atomic E-state index is 0.170. The number of benzene rings is 3. The summed E-state index contributed by atoms with van der Waals surface area (Å²) in [6.45, 7) is 5.58. The lowest BCUT2D eigenvalue weighted by molar-refractivity contribution is 0.0921. The Morgan fingerprint density at radius 2 is 1.43 bits per heavy atom. The Labute approximate surface area is 203 Å². The number of aryl methyl sites for hydroxylation is 3. The first-order valence-corrected chi connectivity index (χ1v) is 11.6. The third kappa shape index (κ3) is 4.21. The molecule has 35 heavy (non-hydrogen) atoms. The maximum absolute atomic E-state index is 13.2. The van der Waals surface area contributed by atoms with Gasteiger partial charge >= 0.3 is 0 Å². The van der Waals surface area contributed by atoms with Crippen LogP contribution in [0.25, 0.3) is 0 Å². The molecule has 2 aliphatic rings. The number of imide groups is 1. The van der Waals surface area contributed by atoms with E-state index in [0.29, 0.717) is 16.9 Å². The molecule has 0 saturated heterocycles. The van der Waals surface area contributed by atoms with Gasteiger partial charge in [0.05, 0.1) is 16.8 Å². The van der Waals surface area contributed by atoms with E-state index < -0.39 is 17.7 Å². The fraction of sp³-hybridized carbons (Fsp3) is 0.214. The number of anilines is 2. The van der Waals surface area contributed by atoms with Gasteiger partial charge in [0.15, 0.2) is 0 Å². The maximum atomic E-state index is 13.2. The molecule has 7 nitrogen and oxygen atoms in total. The number of carbonyl (C=O) groups excluding carboxylic acids is 4. The smallest absolute Gasteiger partial charge is 0.266 e. The summed E-state index contributed by atoms with van der Waals surface area (Å²) >= 11 is 0. The predicted molar refractivity (Wildman–Crippen MR) is 133 cm³/mol. The van der Waals surface area contributed by atoms with E-state index in [9.17, 15) is 19.2 Å². The molecular formula is C28H25N3O4. The Bertz CT molecular complexity index is 1420. The topological polar surface area (TPSA) is 95.6 Å². The predicted octanol–water partition coefficient (Wildman–Crippen LogP) is 4.56. The monoisotopic (exact) mass is 467 g/mol. The largest absolute Gasteiger partial charge is 0.349 e. The van der Waals surface area contributed by atoms with Crippen molar-refractivity contribution < 1.29 is 19.2 Å². The molecule has 0 unspecified atom stereocenters. The van der Waals surface area contributed by atoms with Crippen molar-refractivity contribution in [1.82, 2.24) is 5.32 Å². The van der Waals surface area contributed by atoms with Gasteiger partial charge in [0.1, 0.15) is 0 Å². The zero-order valence-electron chi connectivity index (χ0n) is 19.8. The van der Waals surface area contributed by atoms with Crippen molar-refractivity contribution in [3.63, 3.8) is 0 Å². The Hall–Kier alpha value is -4.26. The van der Waals surface area contributed by atoms with Gasteiger partial charge in [0.2, 0.25) is 0 Å². The Balaban J connectivity index is 1.40. The van der Waals surface area contributed by atoms with Crippen molar-refractivity contribution in [2.45, 2.75) is 39.7 Å². The molecule has 7 heteroatoms. The number of hydrogen-bond donors (Lipinski definition) is 2. The van der Waals surface area contributed by atoms with E-state index in [1.807, 2.05) is 32.9 Å². The van der Waals surface area contributed by atoms with E-state index in [4.69, 9.17) is 0 Å². The van der Waals surface area contributed by atoms with Gasteiger partial charge in [0, 0.05) is 22.9 Å². The zero-order valence-corrected chi connectivity index (χ0v) is 19.8. The Morgan fingerprint density at radius 1 is 0.771 bits per heavy atom. The lowest BCUT2D eigenvalue weighted by Crippen LogP contribution is -2.30. The van der Waals surface area contributed by atoms with E-state index in [2.05, 4.69) is 10.6 Å². The summed E-state index contributed by atoms with van der Waals surface area (Å²) in [5, 5.41) is 5.78. The number of hydrogen-bond acceptors (Lipinski definition) is 4. The molecule has 0 bridgehead atoms. The molecule has 1 heterocycles. The summed E-state index contributed by atoms with van der Waals surface area (Å²) in [6, 6.07) is 15.5. The fourth-order valence-corrected chi connectivity index (χ4v) is 4.15. The first-order valence-electron chi connectivity index (χ1n) is 11.6. The van der Waals surface area contributed by atoms with E-state index >= 15 is 0 Å². The van der Waals surface area contributed by atoms with Crippen LogP contribution >= 0.6 is 0 Å². The van der Waals surface area contributed by atoms with Crippen molar-refractivity contribution in [2.24, 2.45) is 0 Å². The minimum atomic E-state index is -0.455. The molecule has 1 aliphatic heterocycles. The van der Waals surface area contributed by atoms with Gasteiger partial charge < -0.3 is 10.6 Å². The third-order valence-corrected chi connectivity index (χ3v) is 6.41. The lowest BCUT2D eigenvalue weighted by Gasteiger charge is -2.17. The highest BCUT2D eigenvalue weighted by atomic mass is 16.2. The van der Waals surface area contributed by atoms with Crippen LogP contribution in [0.5, 0.6) is 0 Å². The van der Waals surface area contributed by atoms with Gasteiger partial charge in [-0.1, -0.05) is 18.2 Å². The van der Waals surface area contributed by atoms with Crippen LogP contribution in [-0.4, -0.2) is 29.7 Å². The molecule has 0 spiro atoms. The van der Waals surface area contributed by atoms with Gasteiger partial charge in [0.25, 0.3) is 23.6 Å². The second-order valence-electron chi connectivity index (χ2n) is 9.23. The maximum Gasteiger partial charge on any atom is 0.266 e. The Kier molecular flexibility index (Phi) is 5.47. The molecule has 5 rings (SSSR count). The van der Waals surface area contributed by atoms with Crippen molar-refractivity contribution in [3.8, 4) is 0 Å². The van der Waals surface area contributed by atoms with Gasteiger partial charge in [-0.25, -0.2) is 4.90 Å². The van der Waals surface area contributed by atoms with E-state index in [0.717, 1.165) is 29.5 Å². The molecule has 1 fully saturated rings. The molecule has 1 aliphatic carbocycles. The lowest BCUT2D eigenvalue weighted by atomic mass is 10.0.